The van der Waals surface area contributed by atoms with Crippen molar-refractivity contribution in [1.29, 1.82) is 0 Å². The van der Waals surface area contributed by atoms with Gasteiger partial charge in [-0.3, -0.25) is 9.80 Å². The fourth-order valence-corrected chi connectivity index (χ4v) is 7.60. The van der Waals surface area contributed by atoms with Gasteiger partial charge >= 0.3 is 0 Å². The smallest absolute Gasteiger partial charge is 0.192 e. The van der Waals surface area contributed by atoms with Crippen LogP contribution in [0.5, 0.6) is 0 Å². The molecule has 4 aliphatic heterocycles. The number of nitrogens with one attached hydrogen (secondary N) is 1. The third-order valence-corrected chi connectivity index (χ3v) is 13.7. The number of hydrogen-bond donors (Lipinski definition) is 1. The topological polar surface area (TPSA) is 27.5 Å². The van der Waals surface area contributed by atoms with Gasteiger partial charge < -0.3 is 9.74 Å². The monoisotopic (exact) mass is 447 g/mol. The molecule has 0 aliphatic carbocycles. The molecule has 0 radical (unpaired) electrons. The summed E-state index contributed by atoms with van der Waals surface area (Å²) < 4.78 is 6.73. The maximum absolute atomic E-state index is 6.73. The van der Waals surface area contributed by atoms with Crippen LogP contribution in [0, 0.1) is 0 Å². The Morgan fingerprint density at radius 3 is 2.53 bits per heavy atom. The molecule has 1 N–H and O–H groups in total. The molecule has 3 saturated heterocycles. The summed E-state index contributed by atoms with van der Waals surface area (Å²) in [5.41, 5.74) is 4.53. The minimum absolute atomic E-state index is 0.212. The normalized spacial score (nSPS) is 35.1. The Hall–Kier alpha value is -1.66. The minimum Gasteiger partial charge on any atom is -0.415 e. The number of benzene rings is 2. The largest absolute Gasteiger partial charge is 0.415 e. The van der Waals surface area contributed by atoms with Gasteiger partial charge in [-0.2, -0.15) is 0 Å². The molecule has 4 unspecified atom stereocenters. The highest BCUT2D eigenvalue weighted by Gasteiger charge is 2.76. The van der Waals surface area contributed by atoms with Crippen molar-refractivity contribution in [3.63, 3.8) is 0 Å². The van der Waals surface area contributed by atoms with Gasteiger partial charge in [0.05, 0.1) is 18.8 Å². The van der Waals surface area contributed by atoms with Gasteiger partial charge in [-0.05, 0) is 48.3 Å². The second kappa shape index (κ2) is 6.92. The van der Waals surface area contributed by atoms with E-state index in [-0.39, 0.29) is 10.5 Å². The van der Waals surface area contributed by atoms with Gasteiger partial charge in [-0.15, -0.1) is 0 Å². The van der Waals surface area contributed by atoms with Crippen LogP contribution in [0.1, 0.15) is 38.3 Å². The summed E-state index contributed by atoms with van der Waals surface area (Å²) in [5.74, 6) is 0. The van der Waals surface area contributed by atoms with Crippen molar-refractivity contribution in [1.82, 2.24) is 9.80 Å². The zero-order valence-corrected chi connectivity index (χ0v) is 21.1. The molecule has 4 nitrogen and oxygen atoms in total. The van der Waals surface area contributed by atoms with E-state index in [2.05, 4.69) is 104 Å². The van der Waals surface area contributed by atoms with Gasteiger partial charge in [0, 0.05) is 29.7 Å². The second-order valence-electron chi connectivity index (χ2n) is 11.9. The van der Waals surface area contributed by atoms with Crippen molar-refractivity contribution < 1.29 is 4.43 Å². The first kappa shape index (κ1) is 20.9. The number of hydrogen-bond acceptors (Lipinski definition) is 4. The molecule has 170 valence electrons. The van der Waals surface area contributed by atoms with E-state index in [1.807, 2.05) is 0 Å². The maximum Gasteiger partial charge on any atom is 0.192 e. The Morgan fingerprint density at radius 2 is 1.78 bits per heavy atom. The molecule has 0 saturated carbocycles. The van der Waals surface area contributed by atoms with E-state index in [0.717, 1.165) is 13.2 Å². The summed E-state index contributed by atoms with van der Waals surface area (Å²) in [6.45, 7) is 14.9. The average molecular weight is 448 g/mol. The first-order valence-corrected chi connectivity index (χ1v) is 15.2. The maximum atomic E-state index is 6.73. The number of piperidine rings is 1. The molecule has 6 rings (SSSR count). The van der Waals surface area contributed by atoms with Crippen molar-refractivity contribution in [3.05, 3.63) is 65.7 Å². The summed E-state index contributed by atoms with van der Waals surface area (Å²) in [4.78, 5) is 5.54. The van der Waals surface area contributed by atoms with E-state index in [1.165, 1.54) is 24.2 Å². The van der Waals surface area contributed by atoms with Gasteiger partial charge in [0.1, 0.15) is 0 Å². The van der Waals surface area contributed by atoms with Gasteiger partial charge in [-0.1, -0.05) is 69.3 Å². The predicted molar refractivity (Wildman–Crippen MR) is 133 cm³/mol. The molecule has 0 amide bonds. The number of likely N-dealkylation sites (tertiary alicyclic amines) is 1. The molecule has 4 heterocycles. The number of rotatable bonds is 5. The van der Waals surface area contributed by atoms with Gasteiger partial charge in [0.15, 0.2) is 8.32 Å². The number of nitrogens with zero attached hydrogens (tertiary/aromatic N) is 2. The molecule has 3 fully saturated rings. The number of anilines is 1. The lowest BCUT2D eigenvalue weighted by Gasteiger charge is -2.38. The molecule has 2 aromatic carbocycles. The lowest BCUT2D eigenvalue weighted by atomic mass is 9.73. The van der Waals surface area contributed by atoms with E-state index < -0.39 is 8.32 Å². The first-order valence-electron chi connectivity index (χ1n) is 12.3. The summed E-state index contributed by atoms with van der Waals surface area (Å²) in [5, 5.41) is 4.20. The van der Waals surface area contributed by atoms with E-state index >= 15 is 0 Å². The highest BCUT2D eigenvalue weighted by molar-refractivity contribution is 6.74. The summed E-state index contributed by atoms with van der Waals surface area (Å²) in [7, 11) is -1.75. The molecule has 32 heavy (non-hydrogen) atoms. The molecule has 0 aromatic heterocycles. The molecular formula is C27H37N3OSi. The molecule has 2 aromatic rings. The van der Waals surface area contributed by atoms with E-state index in [1.54, 1.807) is 5.56 Å². The van der Waals surface area contributed by atoms with Gasteiger partial charge in [0.25, 0.3) is 0 Å². The quantitative estimate of drug-likeness (QED) is 0.513. The van der Waals surface area contributed by atoms with E-state index in [9.17, 15) is 0 Å². The van der Waals surface area contributed by atoms with E-state index in [4.69, 9.17) is 4.43 Å². The van der Waals surface area contributed by atoms with Crippen molar-refractivity contribution >= 4 is 14.0 Å². The fourth-order valence-electron chi connectivity index (χ4n) is 6.58. The highest BCUT2D eigenvalue weighted by Crippen LogP contribution is 2.64. The minimum atomic E-state index is -1.75. The van der Waals surface area contributed by atoms with Crippen LogP contribution < -0.4 is 5.32 Å². The molecular weight excluding hydrogens is 410 g/mol. The van der Waals surface area contributed by atoms with Gasteiger partial charge in [-0.25, -0.2) is 0 Å². The second-order valence-corrected chi connectivity index (χ2v) is 16.7. The van der Waals surface area contributed by atoms with E-state index in [0.29, 0.717) is 24.3 Å². The van der Waals surface area contributed by atoms with Crippen LogP contribution in [0.15, 0.2) is 54.6 Å². The molecule has 4 aliphatic rings. The number of para-hydroxylation sites is 1. The van der Waals surface area contributed by atoms with Crippen LogP contribution in [0.4, 0.5) is 5.69 Å². The standard InChI is InChI=1S/C27H37N3OSi/c1-26(2,3)32(4,5)31-18-22-23-24-27(15-16-29(24)17-19-11-7-6-8-12-19)20-13-9-10-14-21(20)28-25(27)30(22)23/h6-14,22-25,28H,15-18H2,1-5H3/t22-,23?,24?,25?,27+,30?/m1/s1. The zero-order valence-electron chi connectivity index (χ0n) is 20.1. The summed E-state index contributed by atoms with van der Waals surface area (Å²) in [6, 6.07) is 21.8. The van der Waals surface area contributed by atoms with Crippen LogP contribution in [0.25, 0.3) is 0 Å². The van der Waals surface area contributed by atoms with Crippen LogP contribution in [0.2, 0.25) is 18.1 Å². The average Bonchev–Trinajstić information content (AvgIpc) is 3.02. The first-order chi connectivity index (χ1) is 15.2. The molecule has 6 atom stereocenters. The van der Waals surface area contributed by atoms with Crippen LogP contribution in [0.3, 0.4) is 0 Å². The Morgan fingerprint density at radius 1 is 1.06 bits per heavy atom. The van der Waals surface area contributed by atoms with Crippen molar-refractivity contribution in [2.24, 2.45) is 0 Å². The Balaban J connectivity index is 1.30. The van der Waals surface area contributed by atoms with Crippen LogP contribution in [-0.2, 0) is 16.4 Å². The highest BCUT2D eigenvalue weighted by atomic mass is 28.4. The lowest BCUT2D eigenvalue weighted by Crippen LogP contribution is -2.51. The zero-order chi connectivity index (χ0) is 22.3. The molecule has 0 bridgehead atoms. The number of fused-ring (bicyclic) bond motifs is 4. The SMILES string of the molecule is CC(C)(C)[Si](C)(C)OC[C@@H]1C2C3N(Cc4ccccc4)CC[C@]34c3ccccc3NC4N21. The summed E-state index contributed by atoms with van der Waals surface area (Å²) in [6.07, 6.45) is 1.64. The van der Waals surface area contributed by atoms with Crippen molar-refractivity contribution in [2.45, 2.75) is 81.6 Å². The van der Waals surface area contributed by atoms with Gasteiger partial charge in [0.2, 0.25) is 0 Å². The van der Waals surface area contributed by atoms with Crippen LogP contribution >= 0.6 is 0 Å². The third kappa shape index (κ3) is 2.84. The lowest BCUT2D eigenvalue weighted by molar-refractivity contribution is 0.188. The van der Waals surface area contributed by atoms with Crippen LogP contribution in [-0.4, -0.2) is 55.6 Å². The molecule has 1 spiro atoms. The predicted octanol–water partition coefficient (Wildman–Crippen LogP) is 5.04. The Labute approximate surface area is 194 Å². The molecule has 5 heteroatoms. The summed E-state index contributed by atoms with van der Waals surface area (Å²) >= 11 is 0. The fraction of sp³-hybridized carbons (Fsp3) is 0.556. The Kier molecular flexibility index (Phi) is 4.52. The van der Waals surface area contributed by atoms with Crippen molar-refractivity contribution in [2.75, 3.05) is 18.5 Å². The third-order valence-electron chi connectivity index (χ3n) is 9.25. The Bertz CT molecular complexity index is 1020. The van der Waals surface area contributed by atoms with Crippen molar-refractivity contribution in [3.8, 4) is 0 Å².